The number of H-pyrrole nitrogens is 2. The summed E-state index contributed by atoms with van der Waals surface area (Å²) in [5, 5.41) is 17.2. The standard InChI is InChI=1S/C21H17F2N5O3/c22-12-5-11(6-13(23)7-12)3-4-31-14-1-2-16-15(8-14)19(27-26-16)20-24-17-9-28(21(29)30)10-18(17)25-20/h1-2,5-8H,3-4,9-10H2,(H,24,25)(H,26,27)(H,29,30). The third-order valence-corrected chi connectivity index (χ3v) is 5.16. The summed E-state index contributed by atoms with van der Waals surface area (Å²) in [6, 6.07) is 8.83. The molecule has 0 saturated heterocycles. The molecular formula is C21H17F2N5O3. The number of fused-ring (bicyclic) bond motifs is 2. The molecule has 0 spiro atoms. The van der Waals surface area contributed by atoms with Crippen LogP contribution in [0.1, 0.15) is 17.0 Å². The van der Waals surface area contributed by atoms with Gasteiger partial charge >= 0.3 is 6.09 Å². The van der Waals surface area contributed by atoms with Crippen LogP contribution in [0.25, 0.3) is 22.4 Å². The van der Waals surface area contributed by atoms with Crippen LogP contribution in [0.4, 0.5) is 13.6 Å². The average molecular weight is 425 g/mol. The summed E-state index contributed by atoms with van der Waals surface area (Å²) < 4.78 is 32.4. The Morgan fingerprint density at radius 2 is 1.97 bits per heavy atom. The lowest BCUT2D eigenvalue weighted by Crippen LogP contribution is -2.23. The Kier molecular flexibility index (Phi) is 4.54. The predicted octanol–water partition coefficient (Wildman–Crippen LogP) is 3.85. The minimum atomic E-state index is -0.985. The topological polar surface area (TPSA) is 107 Å². The maximum absolute atomic E-state index is 13.3. The van der Waals surface area contributed by atoms with Gasteiger partial charge in [0.1, 0.15) is 23.1 Å². The molecule has 10 heteroatoms. The third-order valence-electron chi connectivity index (χ3n) is 5.16. The fourth-order valence-electron chi connectivity index (χ4n) is 3.69. The van der Waals surface area contributed by atoms with Crippen LogP contribution in [0.5, 0.6) is 5.75 Å². The molecule has 3 heterocycles. The van der Waals surface area contributed by atoms with Crippen molar-refractivity contribution in [1.29, 1.82) is 0 Å². The molecule has 0 radical (unpaired) electrons. The van der Waals surface area contributed by atoms with E-state index >= 15 is 0 Å². The highest BCUT2D eigenvalue weighted by molar-refractivity contribution is 5.92. The van der Waals surface area contributed by atoms with Gasteiger partial charge < -0.3 is 14.8 Å². The summed E-state index contributed by atoms with van der Waals surface area (Å²) in [5.41, 5.74) is 3.34. The van der Waals surface area contributed by atoms with Crippen molar-refractivity contribution in [2.45, 2.75) is 19.5 Å². The van der Waals surface area contributed by atoms with Crippen molar-refractivity contribution in [3.63, 3.8) is 0 Å². The largest absolute Gasteiger partial charge is 0.493 e. The Labute approximate surface area is 174 Å². The first-order chi connectivity index (χ1) is 15.0. The Hall–Kier alpha value is -3.95. The number of nitrogens with one attached hydrogen (secondary N) is 2. The zero-order valence-electron chi connectivity index (χ0n) is 16.2. The Bertz CT molecular complexity index is 1260. The Morgan fingerprint density at radius 1 is 1.16 bits per heavy atom. The molecule has 1 aliphatic rings. The van der Waals surface area contributed by atoms with Crippen LogP contribution in [0.3, 0.4) is 0 Å². The lowest BCUT2D eigenvalue weighted by molar-refractivity contribution is 0.144. The molecule has 0 fully saturated rings. The van der Waals surface area contributed by atoms with Gasteiger partial charge in [0, 0.05) is 17.9 Å². The number of ether oxygens (including phenoxy) is 1. The van der Waals surface area contributed by atoms with Gasteiger partial charge in [-0.3, -0.25) is 10.00 Å². The average Bonchev–Trinajstić information content (AvgIpc) is 3.39. The van der Waals surface area contributed by atoms with Gasteiger partial charge in [0.25, 0.3) is 0 Å². The molecule has 158 valence electrons. The van der Waals surface area contributed by atoms with Crippen LogP contribution < -0.4 is 4.74 Å². The Balaban J connectivity index is 1.33. The number of rotatable bonds is 5. The molecule has 0 atom stereocenters. The van der Waals surface area contributed by atoms with Crippen LogP contribution in [0, 0.1) is 11.6 Å². The molecule has 0 aliphatic carbocycles. The lowest BCUT2D eigenvalue weighted by atomic mass is 10.1. The molecule has 3 N–H and O–H groups in total. The van der Waals surface area contributed by atoms with Crippen LogP contribution in [-0.4, -0.2) is 42.9 Å². The van der Waals surface area contributed by atoms with Crippen molar-refractivity contribution in [2.24, 2.45) is 0 Å². The minimum absolute atomic E-state index is 0.235. The molecule has 2 aromatic heterocycles. The van der Waals surface area contributed by atoms with E-state index in [0.29, 0.717) is 34.9 Å². The fourth-order valence-corrected chi connectivity index (χ4v) is 3.69. The number of halogens is 2. The normalized spacial score (nSPS) is 13.0. The monoisotopic (exact) mass is 425 g/mol. The first-order valence-electron chi connectivity index (χ1n) is 9.58. The van der Waals surface area contributed by atoms with Crippen molar-refractivity contribution in [1.82, 2.24) is 25.1 Å². The summed E-state index contributed by atoms with van der Waals surface area (Å²) in [6.45, 7) is 0.745. The second kappa shape index (κ2) is 7.38. The van der Waals surface area contributed by atoms with Gasteiger partial charge in [-0.25, -0.2) is 18.6 Å². The third kappa shape index (κ3) is 3.67. The summed E-state index contributed by atoms with van der Waals surface area (Å²) >= 11 is 0. The first kappa shape index (κ1) is 19.0. The molecule has 4 aromatic rings. The van der Waals surface area contributed by atoms with Gasteiger partial charge in [-0.05, 0) is 35.9 Å². The van der Waals surface area contributed by atoms with Gasteiger partial charge in [-0.2, -0.15) is 5.10 Å². The smallest absolute Gasteiger partial charge is 0.408 e. The number of amides is 1. The van der Waals surface area contributed by atoms with E-state index in [9.17, 15) is 13.6 Å². The number of carboxylic acid groups (broad SMARTS) is 1. The van der Waals surface area contributed by atoms with E-state index < -0.39 is 17.7 Å². The number of nitrogens with zero attached hydrogens (tertiary/aromatic N) is 3. The summed E-state index contributed by atoms with van der Waals surface area (Å²) in [5.74, 6) is -0.0931. The zero-order chi connectivity index (χ0) is 21.5. The fraction of sp³-hybridized carbons (Fsp3) is 0.190. The molecule has 31 heavy (non-hydrogen) atoms. The van der Waals surface area contributed by atoms with Gasteiger partial charge in [-0.1, -0.05) is 0 Å². The lowest BCUT2D eigenvalue weighted by Gasteiger charge is -2.09. The van der Waals surface area contributed by atoms with Gasteiger partial charge in [0.05, 0.1) is 36.6 Å². The van der Waals surface area contributed by atoms with Crippen molar-refractivity contribution < 1.29 is 23.4 Å². The molecule has 5 rings (SSSR count). The summed E-state index contributed by atoms with van der Waals surface area (Å²) in [6.07, 6.45) is -0.628. The molecule has 1 aliphatic heterocycles. The molecule has 0 saturated carbocycles. The quantitative estimate of drug-likeness (QED) is 0.450. The maximum Gasteiger partial charge on any atom is 0.408 e. The van der Waals surface area contributed by atoms with Crippen molar-refractivity contribution in [2.75, 3.05) is 6.61 Å². The van der Waals surface area contributed by atoms with E-state index in [4.69, 9.17) is 9.84 Å². The molecule has 8 nitrogen and oxygen atoms in total. The maximum atomic E-state index is 13.3. The number of benzene rings is 2. The number of hydrogen-bond donors (Lipinski definition) is 3. The van der Waals surface area contributed by atoms with E-state index in [1.165, 1.54) is 17.0 Å². The molecule has 0 unspecified atom stereocenters. The SMILES string of the molecule is O=C(O)N1Cc2nc(-c3n[nH]c4ccc(OCCc5cc(F)cc(F)c5)cc34)[nH]c2C1. The highest BCUT2D eigenvalue weighted by atomic mass is 19.1. The van der Waals surface area contributed by atoms with E-state index in [1.54, 1.807) is 6.07 Å². The number of carbonyl (C=O) groups is 1. The highest BCUT2D eigenvalue weighted by Crippen LogP contribution is 2.30. The molecular weight excluding hydrogens is 408 g/mol. The predicted molar refractivity (Wildman–Crippen MR) is 107 cm³/mol. The van der Waals surface area contributed by atoms with Crippen molar-refractivity contribution in [3.8, 4) is 17.3 Å². The zero-order valence-corrected chi connectivity index (χ0v) is 16.2. The number of imidazole rings is 1. The van der Waals surface area contributed by atoms with Gasteiger partial charge in [-0.15, -0.1) is 0 Å². The highest BCUT2D eigenvalue weighted by Gasteiger charge is 2.27. The van der Waals surface area contributed by atoms with Gasteiger partial charge in [0.15, 0.2) is 5.82 Å². The number of aromatic nitrogens is 4. The van der Waals surface area contributed by atoms with Crippen LogP contribution in [0.15, 0.2) is 36.4 Å². The first-order valence-corrected chi connectivity index (χ1v) is 9.58. The second-order valence-electron chi connectivity index (χ2n) is 7.31. The van der Waals surface area contributed by atoms with Crippen molar-refractivity contribution in [3.05, 3.63) is 65.0 Å². The van der Waals surface area contributed by atoms with E-state index in [-0.39, 0.29) is 19.7 Å². The molecule has 0 bridgehead atoms. The van der Waals surface area contributed by atoms with Crippen LogP contribution in [0.2, 0.25) is 0 Å². The summed E-state index contributed by atoms with van der Waals surface area (Å²) in [7, 11) is 0. The van der Waals surface area contributed by atoms with Gasteiger partial charge in [0.2, 0.25) is 0 Å². The molecule has 2 aromatic carbocycles. The van der Waals surface area contributed by atoms with E-state index in [0.717, 1.165) is 22.7 Å². The van der Waals surface area contributed by atoms with E-state index in [1.807, 2.05) is 12.1 Å². The molecule has 1 amide bonds. The van der Waals surface area contributed by atoms with Crippen molar-refractivity contribution >= 4 is 17.0 Å². The number of hydrogen-bond acceptors (Lipinski definition) is 4. The second-order valence-corrected chi connectivity index (χ2v) is 7.31. The Morgan fingerprint density at radius 3 is 2.71 bits per heavy atom. The summed E-state index contributed by atoms with van der Waals surface area (Å²) in [4.78, 5) is 20.1. The van der Waals surface area contributed by atoms with Crippen LogP contribution in [-0.2, 0) is 19.5 Å². The van der Waals surface area contributed by atoms with Crippen LogP contribution >= 0.6 is 0 Å². The van der Waals surface area contributed by atoms with E-state index in [2.05, 4.69) is 20.2 Å². The number of aromatic amines is 2. The minimum Gasteiger partial charge on any atom is -0.493 e.